The van der Waals surface area contributed by atoms with E-state index in [1.54, 1.807) is 40.0 Å². The fraction of sp³-hybridized carbons (Fsp3) is 0.400. The van der Waals surface area contributed by atoms with Gasteiger partial charge in [0.25, 0.3) is 5.91 Å². The average Bonchev–Trinajstić information content (AvgIpc) is 3.28. The SMILES string of the molecule is CC(C)C(=O)OCC(=O)[C@H](CC(=O)O)NC(=O)[C@]1(C(C)C)C=C(c2nccc3ccccc23)NO1. The Balaban J connectivity index is 1.87. The first kappa shape index (κ1) is 25.8. The number of fused-ring (bicyclic) bond motifs is 1. The second-order valence-electron chi connectivity index (χ2n) is 8.94. The van der Waals surface area contributed by atoms with E-state index in [0.29, 0.717) is 11.4 Å². The number of hydroxylamine groups is 1. The average molecular weight is 484 g/mol. The van der Waals surface area contributed by atoms with E-state index >= 15 is 0 Å². The molecule has 2 atom stereocenters. The van der Waals surface area contributed by atoms with Gasteiger partial charge in [-0.2, -0.15) is 0 Å². The Morgan fingerprint density at radius 1 is 1.14 bits per heavy atom. The third-order valence-electron chi connectivity index (χ3n) is 5.73. The number of rotatable bonds is 10. The standard InChI is InChI=1S/C25H29N3O7/c1-14(2)23(32)34-13-20(29)18(11-21(30)31)27-24(33)25(15(3)4)12-19(28-35-25)22-17-8-6-5-7-16(17)9-10-26-22/h5-10,12,14-15,18,28H,11,13H2,1-4H3,(H,27,33)(H,30,31)/t18-,25+/m0/s1. The van der Waals surface area contributed by atoms with Gasteiger partial charge in [0, 0.05) is 11.6 Å². The maximum atomic E-state index is 13.4. The van der Waals surface area contributed by atoms with Gasteiger partial charge in [0.1, 0.15) is 6.04 Å². The van der Waals surface area contributed by atoms with Crippen LogP contribution >= 0.6 is 0 Å². The van der Waals surface area contributed by atoms with E-state index in [-0.39, 0.29) is 0 Å². The van der Waals surface area contributed by atoms with E-state index in [9.17, 15) is 24.3 Å². The van der Waals surface area contributed by atoms with Crippen molar-refractivity contribution in [3.05, 3.63) is 48.3 Å². The van der Waals surface area contributed by atoms with Gasteiger partial charge >= 0.3 is 11.9 Å². The molecule has 1 aromatic heterocycles. The predicted octanol–water partition coefficient (Wildman–Crippen LogP) is 2.23. The number of carbonyl (C=O) groups excluding carboxylic acids is 3. The van der Waals surface area contributed by atoms with Crippen LogP contribution in [-0.4, -0.2) is 52.0 Å². The Bertz CT molecular complexity index is 1170. The molecular weight excluding hydrogens is 454 g/mol. The van der Waals surface area contributed by atoms with Gasteiger partial charge < -0.3 is 15.2 Å². The number of ether oxygens (including phenoxy) is 1. The van der Waals surface area contributed by atoms with Crippen molar-refractivity contribution in [2.24, 2.45) is 11.8 Å². The Morgan fingerprint density at radius 3 is 2.51 bits per heavy atom. The van der Waals surface area contributed by atoms with Crippen LogP contribution in [0.1, 0.15) is 39.8 Å². The summed E-state index contributed by atoms with van der Waals surface area (Å²) in [6, 6.07) is 8.07. The highest BCUT2D eigenvalue weighted by molar-refractivity contribution is 5.99. The van der Waals surface area contributed by atoms with Crippen LogP contribution in [0.2, 0.25) is 0 Å². The zero-order valence-electron chi connectivity index (χ0n) is 20.0. The molecule has 186 valence electrons. The van der Waals surface area contributed by atoms with E-state index in [1.165, 1.54) is 0 Å². The number of ketones is 1. The van der Waals surface area contributed by atoms with Gasteiger partial charge in [-0.15, -0.1) is 0 Å². The molecule has 0 aliphatic carbocycles. The number of aromatic nitrogens is 1. The molecule has 10 nitrogen and oxygen atoms in total. The third kappa shape index (κ3) is 5.65. The molecule has 3 N–H and O–H groups in total. The minimum absolute atomic E-state index is 0.401. The third-order valence-corrected chi connectivity index (χ3v) is 5.73. The fourth-order valence-corrected chi connectivity index (χ4v) is 3.62. The summed E-state index contributed by atoms with van der Waals surface area (Å²) >= 11 is 0. The van der Waals surface area contributed by atoms with E-state index in [2.05, 4.69) is 15.8 Å². The maximum absolute atomic E-state index is 13.4. The highest BCUT2D eigenvalue weighted by Crippen LogP contribution is 2.34. The Labute approximate surface area is 202 Å². The summed E-state index contributed by atoms with van der Waals surface area (Å²) in [6.07, 6.45) is 2.56. The molecular formula is C25H29N3O7. The van der Waals surface area contributed by atoms with Gasteiger partial charge in [-0.25, -0.2) is 0 Å². The molecule has 1 aromatic carbocycles. The van der Waals surface area contributed by atoms with Gasteiger partial charge in [0.15, 0.2) is 18.0 Å². The van der Waals surface area contributed by atoms with Crippen molar-refractivity contribution in [2.75, 3.05) is 6.61 Å². The van der Waals surface area contributed by atoms with Crippen LogP contribution < -0.4 is 10.8 Å². The Morgan fingerprint density at radius 2 is 1.86 bits per heavy atom. The first-order valence-corrected chi connectivity index (χ1v) is 11.3. The molecule has 1 aliphatic heterocycles. The predicted molar refractivity (Wildman–Crippen MR) is 126 cm³/mol. The number of aliphatic carboxylic acids is 1. The highest BCUT2D eigenvalue weighted by Gasteiger charge is 2.47. The van der Waals surface area contributed by atoms with Gasteiger partial charge in [-0.1, -0.05) is 52.0 Å². The number of pyridine rings is 1. The topological polar surface area (TPSA) is 144 Å². The molecule has 2 aromatic rings. The molecule has 0 saturated heterocycles. The fourth-order valence-electron chi connectivity index (χ4n) is 3.62. The number of carboxylic acids is 1. The summed E-state index contributed by atoms with van der Waals surface area (Å²) in [5.41, 5.74) is 2.29. The number of carbonyl (C=O) groups is 4. The zero-order chi connectivity index (χ0) is 25.8. The van der Waals surface area contributed by atoms with Gasteiger partial charge in [0.2, 0.25) is 0 Å². The highest BCUT2D eigenvalue weighted by atomic mass is 16.7. The molecule has 10 heteroatoms. The number of hydrogen-bond donors (Lipinski definition) is 3. The Kier molecular flexibility index (Phi) is 7.85. The molecule has 1 amide bonds. The van der Waals surface area contributed by atoms with Crippen molar-refractivity contribution in [1.29, 1.82) is 0 Å². The molecule has 0 spiro atoms. The van der Waals surface area contributed by atoms with Crippen LogP contribution in [0.25, 0.3) is 16.5 Å². The lowest BCUT2D eigenvalue weighted by Gasteiger charge is -2.30. The Hall–Kier alpha value is -3.79. The van der Waals surface area contributed by atoms with E-state index in [1.807, 2.05) is 30.3 Å². The monoisotopic (exact) mass is 483 g/mol. The first-order valence-electron chi connectivity index (χ1n) is 11.3. The molecule has 0 radical (unpaired) electrons. The molecule has 0 unspecified atom stereocenters. The molecule has 0 bridgehead atoms. The van der Waals surface area contributed by atoms with Gasteiger partial charge in [0.05, 0.1) is 23.7 Å². The molecule has 3 rings (SSSR count). The number of carboxylic acid groups (broad SMARTS) is 1. The minimum atomic E-state index is -1.54. The number of hydrogen-bond acceptors (Lipinski definition) is 8. The van der Waals surface area contributed by atoms with Crippen molar-refractivity contribution in [2.45, 2.75) is 45.8 Å². The maximum Gasteiger partial charge on any atom is 0.308 e. The second kappa shape index (κ2) is 10.6. The van der Waals surface area contributed by atoms with Crippen LogP contribution in [-0.2, 0) is 28.8 Å². The number of Topliss-reactive ketones (excluding diaryl/α,β-unsaturated/α-hetero) is 1. The summed E-state index contributed by atoms with van der Waals surface area (Å²) in [4.78, 5) is 59.3. The van der Waals surface area contributed by atoms with Crippen LogP contribution in [0, 0.1) is 11.8 Å². The lowest BCUT2D eigenvalue weighted by molar-refractivity contribution is -0.154. The molecule has 0 saturated carbocycles. The number of benzene rings is 1. The summed E-state index contributed by atoms with van der Waals surface area (Å²) in [6.45, 7) is 6.08. The first-order chi connectivity index (χ1) is 16.5. The largest absolute Gasteiger partial charge is 0.481 e. The van der Waals surface area contributed by atoms with Crippen molar-refractivity contribution >= 4 is 40.1 Å². The van der Waals surface area contributed by atoms with Crippen molar-refractivity contribution < 1.29 is 33.9 Å². The molecule has 2 heterocycles. The summed E-state index contributed by atoms with van der Waals surface area (Å²) in [5.74, 6) is -4.19. The smallest absolute Gasteiger partial charge is 0.308 e. The zero-order valence-corrected chi connectivity index (χ0v) is 20.0. The summed E-state index contributed by atoms with van der Waals surface area (Å²) < 4.78 is 4.93. The van der Waals surface area contributed by atoms with E-state index in [0.717, 1.165) is 10.8 Å². The molecule has 1 aliphatic rings. The number of amides is 1. The van der Waals surface area contributed by atoms with Crippen LogP contribution in [0.15, 0.2) is 42.6 Å². The molecule has 35 heavy (non-hydrogen) atoms. The van der Waals surface area contributed by atoms with Crippen molar-refractivity contribution in [3.8, 4) is 0 Å². The van der Waals surface area contributed by atoms with Crippen LogP contribution in [0.5, 0.6) is 0 Å². The van der Waals surface area contributed by atoms with Crippen molar-refractivity contribution in [1.82, 2.24) is 15.8 Å². The van der Waals surface area contributed by atoms with Gasteiger partial charge in [-0.05, 0) is 23.4 Å². The second-order valence-corrected chi connectivity index (χ2v) is 8.94. The van der Waals surface area contributed by atoms with Crippen LogP contribution in [0.3, 0.4) is 0 Å². The van der Waals surface area contributed by atoms with E-state index in [4.69, 9.17) is 9.57 Å². The lowest BCUT2D eigenvalue weighted by atomic mass is 9.87. The number of nitrogens with one attached hydrogen (secondary N) is 2. The van der Waals surface area contributed by atoms with E-state index < -0.39 is 60.1 Å². The van der Waals surface area contributed by atoms with Gasteiger partial charge in [-0.3, -0.25) is 34.5 Å². The number of esters is 1. The summed E-state index contributed by atoms with van der Waals surface area (Å²) in [7, 11) is 0. The normalized spacial score (nSPS) is 18.2. The number of nitrogens with zero attached hydrogens (tertiary/aromatic N) is 1. The molecule has 0 fully saturated rings. The quantitative estimate of drug-likeness (QED) is 0.433. The lowest BCUT2D eigenvalue weighted by Crippen LogP contribution is -2.55. The van der Waals surface area contributed by atoms with Crippen LogP contribution in [0.4, 0.5) is 0 Å². The summed E-state index contributed by atoms with van der Waals surface area (Å²) in [5, 5.41) is 13.6. The van der Waals surface area contributed by atoms with Crippen molar-refractivity contribution in [3.63, 3.8) is 0 Å². The minimum Gasteiger partial charge on any atom is -0.481 e.